The summed E-state index contributed by atoms with van der Waals surface area (Å²) in [6.07, 6.45) is 7.15. The SMILES string of the molecule is CN(Cc1ccccn1)S(=O)(=O)C1CCCN(C(=O)C2CCCC2)C1. The number of likely N-dealkylation sites (tertiary alicyclic amines) is 1. The van der Waals surface area contributed by atoms with Crippen molar-refractivity contribution in [1.82, 2.24) is 14.2 Å². The Morgan fingerprint density at radius 1 is 1.24 bits per heavy atom. The number of aromatic nitrogens is 1. The van der Waals surface area contributed by atoms with Gasteiger partial charge in [0.25, 0.3) is 0 Å². The summed E-state index contributed by atoms with van der Waals surface area (Å²) in [5.41, 5.74) is 0.725. The number of carbonyl (C=O) groups excluding carboxylic acids is 1. The number of hydrogen-bond donors (Lipinski definition) is 0. The largest absolute Gasteiger partial charge is 0.341 e. The van der Waals surface area contributed by atoms with Crippen molar-refractivity contribution in [3.8, 4) is 0 Å². The highest BCUT2D eigenvalue weighted by Gasteiger charge is 2.37. The molecule has 0 spiro atoms. The van der Waals surface area contributed by atoms with Gasteiger partial charge in [-0.1, -0.05) is 18.9 Å². The molecule has 2 heterocycles. The molecule has 1 saturated carbocycles. The number of carbonyl (C=O) groups is 1. The van der Waals surface area contributed by atoms with E-state index < -0.39 is 15.3 Å². The van der Waals surface area contributed by atoms with E-state index in [9.17, 15) is 13.2 Å². The zero-order chi connectivity index (χ0) is 17.9. The first-order valence-corrected chi connectivity index (χ1v) is 10.6. The van der Waals surface area contributed by atoms with E-state index >= 15 is 0 Å². The Morgan fingerprint density at radius 3 is 2.68 bits per heavy atom. The van der Waals surface area contributed by atoms with Gasteiger partial charge in [0.2, 0.25) is 15.9 Å². The summed E-state index contributed by atoms with van der Waals surface area (Å²) in [5.74, 6) is 0.262. The van der Waals surface area contributed by atoms with Crippen LogP contribution >= 0.6 is 0 Å². The minimum atomic E-state index is -3.45. The lowest BCUT2D eigenvalue weighted by molar-refractivity contribution is -0.136. The molecule has 1 aromatic heterocycles. The third kappa shape index (κ3) is 4.20. The number of rotatable bonds is 5. The van der Waals surface area contributed by atoms with E-state index in [0.717, 1.165) is 37.8 Å². The van der Waals surface area contributed by atoms with Crippen LogP contribution < -0.4 is 0 Å². The number of piperidine rings is 1. The fourth-order valence-corrected chi connectivity index (χ4v) is 5.53. The molecule has 1 saturated heterocycles. The monoisotopic (exact) mass is 365 g/mol. The third-order valence-corrected chi connectivity index (χ3v) is 7.59. The molecule has 2 fully saturated rings. The summed E-state index contributed by atoms with van der Waals surface area (Å²) in [7, 11) is -1.85. The van der Waals surface area contributed by atoms with Crippen molar-refractivity contribution < 1.29 is 13.2 Å². The number of sulfonamides is 1. The van der Waals surface area contributed by atoms with Crippen LogP contribution in [0.5, 0.6) is 0 Å². The Morgan fingerprint density at radius 2 is 2.00 bits per heavy atom. The van der Waals surface area contributed by atoms with Crippen LogP contribution in [0.2, 0.25) is 0 Å². The van der Waals surface area contributed by atoms with Gasteiger partial charge in [-0.05, 0) is 37.8 Å². The van der Waals surface area contributed by atoms with Crippen molar-refractivity contribution in [2.24, 2.45) is 5.92 Å². The summed E-state index contributed by atoms with van der Waals surface area (Å²) in [4.78, 5) is 18.6. The smallest absolute Gasteiger partial charge is 0.225 e. The second-order valence-electron chi connectivity index (χ2n) is 7.15. The molecule has 3 rings (SSSR count). The lowest BCUT2D eigenvalue weighted by atomic mass is 10.0. The van der Waals surface area contributed by atoms with Gasteiger partial charge < -0.3 is 4.90 Å². The van der Waals surface area contributed by atoms with E-state index in [1.54, 1.807) is 18.1 Å². The van der Waals surface area contributed by atoms with E-state index in [1.165, 1.54) is 4.31 Å². The maximum Gasteiger partial charge on any atom is 0.225 e. The molecule has 138 valence electrons. The van der Waals surface area contributed by atoms with Crippen LogP contribution in [0.15, 0.2) is 24.4 Å². The molecular weight excluding hydrogens is 338 g/mol. The molecule has 6 nitrogen and oxygen atoms in total. The number of nitrogens with zero attached hydrogens (tertiary/aromatic N) is 3. The van der Waals surface area contributed by atoms with E-state index in [1.807, 2.05) is 18.2 Å². The van der Waals surface area contributed by atoms with E-state index in [-0.39, 0.29) is 18.4 Å². The van der Waals surface area contributed by atoms with Crippen molar-refractivity contribution in [3.05, 3.63) is 30.1 Å². The average Bonchev–Trinajstić information content (AvgIpc) is 3.16. The molecule has 0 N–H and O–H groups in total. The van der Waals surface area contributed by atoms with Gasteiger partial charge >= 0.3 is 0 Å². The van der Waals surface area contributed by atoms with Crippen LogP contribution in [0.4, 0.5) is 0 Å². The highest BCUT2D eigenvalue weighted by atomic mass is 32.2. The minimum Gasteiger partial charge on any atom is -0.341 e. The van der Waals surface area contributed by atoms with Crippen LogP contribution in [0.1, 0.15) is 44.2 Å². The third-order valence-electron chi connectivity index (χ3n) is 5.36. The first kappa shape index (κ1) is 18.3. The van der Waals surface area contributed by atoms with Crippen LogP contribution in [0.3, 0.4) is 0 Å². The molecule has 7 heteroatoms. The molecule has 0 bridgehead atoms. The summed E-state index contributed by atoms with van der Waals surface area (Å²) in [5, 5.41) is -0.514. The second kappa shape index (κ2) is 7.83. The van der Waals surface area contributed by atoms with E-state index in [4.69, 9.17) is 0 Å². The number of amides is 1. The molecule has 0 aromatic carbocycles. The van der Waals surface area contributed by atoms with Gasteiger partial charge in [-0.25, -0.2) is 8.42 Å². The number of hydrogen-bond acceptors (Lipinski definition) is 4. The van der Waals surface area contributed by atoms with Gasteiger partial charge in [0.15, 0.2) is 0 Å². The van der Waals surface area contributed by atoms with Gasteiger partial charge in [0, 0.05) is 32.3 Å². The highest BCUT2D eigenvalue weighted by Crippen LogP contribution is 2.29. The first-order valence-electron chi connectivity index (χ1n) is 9.12. The van der Waals surface area contributed by atoms with Crippen molar-refractivity contribution >= 4 is 15.9 Å². The molecule has 2 aliphatic rings. The summed E-state index contributed by atoms with van der Waals surface area (Å²) in [6, 6.07) is 5.49. The van der Waals surface area contributed by atoms with Crippen molar-refractivity contribution in [2.75, 3.05) is 20.1 Å². The zero-order valence-corrected chi connectivity index (χ0v) is 15.6. The summed E-state index contributed by atoms with van der Waals surface area (Å²) >= 11 is 0. The maximum absolute atomic E-state index is 12.9. The zero-order valence-electron chi connectivity index (χ0n) is 14.8. The highest BCUT2D eigenvalue weighted by molar-refractivity contribution is 7.89. The normalized spacial score (nSPS) is 22.5. The quantitative estimate of drug-likeness (QED) is 0.800. The molecule has 1 aliphatic carbocycles. The molecule has 1 atom stereocenters. The fourth-order valence-electron chi connectivity index (χ4n) is 3.88. The van der Waals surface area contributed by atoms with Gasteiger partial charge in [-0.2, -0.15) is 4.31 Å². The molecule has 1 aliphatic heterocycles. The molecule has 1 amide bonds. The van der Waals surface area contributed by atoms with Crippen molar-refractivity contribution in [2.45, 2.75) is 50.3 Å². The van der Waals surface area contributed by atoms with Gasteiger partial charge in [0.1, 0.15) is 0 Å². The lowest BCUT2D eigenvalue weighted by Crippen LogP contribution is -2.49. The van der Waals surface area contributed by atoms with E-state index in [0.29, 0.717) is 19.5 Å². The topological polar surface area (TPSA) is 70.6 Å². The molecule has 25 heavy (non-hydrogen) atoms. The number of pyridine rings is 1. The lowest BCUT2D eigenvalue weighted by Gasteiger charge is -2.35. The van der Waals surface area contributed by atoms with E-state index in [2.05, 4.69) is 4.98 Å². The van der Waals surface area contributed by atoms with Gasteiger partial charge in [-0.15, -0.1) is 0 Å². The fraction of sp³-hybridized carbons (Fsp3) is 0.667. The van der Waals surface area contributed by atoms with Crippen LogP contribution in [0, 0.1) is 5.92 Å². The predicted octanol–water partition coefficient (Wildman–Crippen LogP) is 2.02. The Bertz CT molecular complexity index is 687. The predicted molar refractivity (Wildman–Crippen MR) is 96.2 cm³/mol. The molecule has 1 unspecified atom stereocenters. The Hall–Kier alpha value is -1.47. The van der Waals surface area contributed by atoms with Gasteiger partial charge in [-0.3, -0.25) is 9.78 Å². The van der Waals surface area contributed by atoms with Crippen molar-refractivity contribution in [3.63, 3.8) is 0 Å². The molecular formula is C18H27N3O3S. The molecule has 1 aromatic rings. The Kier molecular flexibility index (Phi) is 5.74. The Labute approximate surface area is 150 Å². The first-order chi connectivity index (χ1) is 12.0. The summed E-state index contributed by atoms with van der Waals surface area (Å²) < 4.78 is 27.3. The standard InChI is InChI=1S/C18H27N3O3S/c1-20(13-16-9-4-5-11-19-16)25(23,24)17-10-6-12-21(14-17)18(22)15-7-2-3-8-15/h4-5,9,11,15,17H,2-3,6-8,10,12-14H2,1H3. The average molecular weight is 365 g/mol. The second-order valence-corrected chi connectivity index (χ2v) is 9.47. The molecule has 0 radical (unpaired) electrons. The van der Waals surface area contributed by atoms with Crippen LogP contribution in [0.25, 0.3) is 0 Å². The minimum absolute atomic E-state index is 0.104. The van der Waals surface area contributed by atoms with Gasteiger partial charge in [0.05, 0.1) is 17.5 Å². The maximum atomic E-state index is 12.9. The Balaban J connectivity index is 1.65. The van der Waals surface area contributed by atoms with Crippen LogP contribution in [-0.2, 0) is 21.4 Å². The van der Waals surface area contributed by atoms with Crippen molar-refractivity contribution in [1.29, 1.82) is 0 Å². The van der Waals surface area contributed by atoms with Crippen LogP contribution in [-0.4, -0.2) is 53.9 Å². The summed E-state index contributed by atoms with van der Waals surface area (Å²) in [6.45, 7) is 1.27.